The Morgan fingerprint density at radius 2 is 2.00 bits per heavy atom. The molecule has 0 radical (unpaired) electrons. The standard InChI is InChI=1S/C20H20ClNO5/c1-4-27-20(24)18-15-11-26-10-9-22(15)12(2)16(19(23)25-3)17(18)13-7-5-6-8-14(13)21/h5-10,17H,4,11H2,1-3H3. The van der Waals surface area contributed by atoms with E-state index in [1.807, 2.05) is 6.07 Å². The van der Waals surface area contributed by atoms with E-state index in [2.05, 4.69) is 0 Å². The molecule has 0 fully saturated rings. The lowest BCUT2D eigenvalue weighted by Gasteiger charge is -2.38. The fourth-order valence-corrected chi connectivity index (χ4v) is 3.65. The number of methoxy groups -OCH3 is 1. The van der Waals surface area contributed by atoms with Crippen LogP contribution in [0, 0.1) is 0 Å². The fourth-order valence-electron chi connectivity index (χ4n) is 3.40. The Kier molecular flexibility index (Phi) is 5.56. The van der Waals surface area contributed by atoms with Gasteiger partial charge in [-0.3, -0.25) is 0 Å². The van der Waals surface area contributed by atoms with Crippen LogP contribution in [0.3, 0.4) is 0 Å². The van der Waals surface area contributed by atoms with Crippen molar-refractivity contribution in [3.05, 3.63) is 69.9 Å². The van der Waals surface area contributed by atoms with E-state index >= 15 is 0 Å². The molecule has 0 saturated heterocycles. The van der Waals surface area contributed by atoms with Crippen molar-refractivity contribution in [2.75, 3.05) is 20.3 Å². The molecule has 0 aliphatic carbocycles. The van der Waals surface area contributed by atoms with Crippen molar-refractivity contribution in [1.82, 2.24) is 4.90 Å². The largest absolute Gasteiger partial charge is 0.493 e. The highest BCUT2D eigenvalue weighted by Crippen LogP contribution is 2.45. The minimum atomic E-state index is -0.716. The zero-order chi connectivity index (χ0) is 19.6. The number of fused-ring (bicyclic) bond motifs is 1. The summed E-state index contributed by atoms with van der Waals surface area (Å²) >= 11 is 6.43. The van der Waals surface area contributed by atoms with Crippen LogP contribution >= 0.6 is 11.6 Å². The number of carbonyl (C=O) groups excluding carboxylic acids is 2. The van der Waals surface area contributed by atoms with Crippen LogP contribution in [-0.4, -0.2) is 37.2 Å². The smallest absolute Gasteiger partial charge is 0.336 e. The molecule has 0 aromatic heterocycles. The molecule has 6 nitrogen and oxygen atoms in total. The number of carbonyl (C=O) groups is 2. The van der Waals surface area contributed by atoms with Gasteiger partial charge in [-0.2, -0.15) is 0 Å². The third-order valence-electron chi connectivity index (χ3n) is 4.57. The van der Waals surface area contributed by atoms with Gasteiger partial charge in [0.05, 0.1) is 36.5 Å². The molecular formula is C20H20ClNO5. The van der Waals surface area contributed by atoms with Crippen molar-refractivity contribution in [3.8, 4) is 0 Å². The second kappa shape index (κ2) is 7.88. The molecule has 2 aliphatic rings. The fraction of sp³-hybridized carbons (Fsp3) is 0.300. The number of hydrogen-bond donors (Lipinski definition) is 0. The van der Waals surface area contributed by atoms with E-state index in [-0.39, 0.29) is 13.2 Å². The number of allylic oxidation sites excluding steroid dienone is 1. The Labute approximate surface area is 162 Å². The highest BCUT2D eigenvalue weighted by molar-refractivity contribution is 6.31. The summed E-state index contributed by atoms with van der Waals surface area (Å²) in [6.07, 6.45) is 3.18. The van der Waals surface area contributed by atoms with E-state index in [0.717, 1.165) is 0 Å². The number of halogens is 1. The lowest BCUT2D eigenvalue weighted by Crippen LogP contribution is -2.36. The molecule has 3 rings (SSSR count). The van der Waals surface area contributed by atoms with E-state index in [0.29, 0.717) is 33.1 Å². The normalized spacial score (nSPS) is 18.8. The van der Waals surface area contributed by atoms with E-state index in [1.54, 1.807) is 43.1 Å². The van der Waals surface area contributed by atoms with Crippen molar-refractivity contribution in [2.45, 2.75) is 19.8 Å². The molecule has 0 N–H and O–H groups in total. The highest BCUT2D eigenvalue weighted by atomic mass is 35.5. The molecule has 2 aliphatic heterocycles. The number of nitrogens with zero attached hydrogens (tertiary/aromatic N) is 1. The maximum absolute atomic E-state index is 12.9. The van der Waals surface area contributed by atoms with Crippen molar-refractivity contribution in [1.29, 1.82) is 0 Å². The molecular weight excluding hydrogens is 370 g/mol. The molecule has 1 unspecified atom stereocenters. The van der Waals surface area contributed by atoms with Crippen molar-refractivity contribution < 1.29 is 23.8 Å². The van der Waals surface area contributed by atoms with Gasteiger partial charge in [-0.15, -0.1) is 0 Å². The lowest BCUT2D eigenvalue weighted by molar-refractivity contribution is -0.139. The van der Waals surface area contributed by atoms with Crippen LogP contribution in [0.25, 0.3) is 0 Å². The van der Waals surface area contributed by atoms with Gasteiger partial charge in [0.15, 0.2) is 0 Å². The Bertz CT molecular complexity index is 871. The lowest BCUT2D eigenvalue weighted by atomic mass is 9.79. The van der Waals surface area contributed by atoms with Gasteiger partial charge in [0.25, 0.3) is 0 Å². The third-order valence-corrected chi connectivity index (χ3v) is 4.92. The van der Waals surface area contributed by atoms with E-state index in [9.17, 15) is 9.59 Å². The summed E-state index contributed by atoms with van der Waals surface area (Å²) in [4.78, 5) is 27.4. The second-order valence-electron chi connectivity index (χ2n) is 5.99. The first-order chi connectivity index (χ1) is 13.0. The molecule has 7 heteroatoms. The molecule has 2 heterocycles. The number of hydrogen-bond acceptors (Lipinski definition) is 6. The van der Waals surface area contributed by atoms with Gasteiger partial charge >= 0.3 is 11.9 Å². The molecule has 1 aromatic carbocycles. The first-order valence-corrected chi connectivity index (χ1v) is 8.90. The van der Waals surface area contributed by atoms with E-state index in [4.69, 9.17) is 25.8 Å². The van der Waals surface area contributed by atoms with Gasteiger partial charge in [0.2, 0.25) is 0 Å². The topological polar surface area (TPSA) is 65.1 Å². The first-order valence-electron chi connectivity index (χ1n) is 8.52. The summed E-state index contributed by atoms with van der Waals surface area (Å²) in [6, 6.07) is 7.11. The predicted octanol–water partition coefficient (Wildman–Crippen LogP) is 3.50. The summed E-state index contributed by atoms with van der Waals surface area (Å²) in [7, 11) is 1.31. The van der Waals surface area contributed by atoms with Gasteiger partial charge < -0.3 is 19.1 Å². The number of esters is 2. The average Bonchev–Trinajstić information content (AvgIpc) is 2.68. The highest BCUT2D eigenvalue weighted by Gasteiger charge is 2.42. The molecule has 142 valence electrons. The predicted molar refractivity (Wildman–Crippen MR) is 99.5 cm³/mol. The van der Waals surface area contributed by atoms with Gasteiger partial charge in [-0.1, -0.05) is 29.8 Å². The third kappa shape index (κ3) is 3.32. The first kappa shape index (κ1) is 19.0. The zero-order valence-electron chi connectivity index (χ0n) is 15.3. The molecule has 0 bridgehead atoms. The SMILES string of the molecule is CCOC(=O)C1=C2COC=CN2C(C)=C(C(=O)OC)C1c1ccccc1Cl. The van der Waals surface area contributed by atoms with Gasteiger partial charge in [-0.05, 0) is 25.5 Å². The Morgan fingerprint density at radius 1 is 1.26 bits per heavy atom. The van der Waals surface area contributed by atoms with Gasteiger partial charge in [-0.25, -0.2) is 9.59 Å². The summed E-state index contributed by atoms with van der Waals surface area (Å²) in [5, 5.41) is 0.444. The molecule has 1 aromatic rings. The molecule has 1 atom stereocenters. The quantitative estimate of drug-likeness (QED) is 0.734. The molecule has 0 spiro atoms. The van der Waals surface area contributed by atoms with Crippen molar-refractivity contribution in [3.63, 3.8) is 0 Å². The van der Waals surface area contributed by atoms with Crippen LogP contribution in [0.4, 0.5) is 0 Å². The summed E-state index contributed by atoms with van der Waals surface area (Å²) in [5.41, 5.74) is 2.55. The van der Waals surface area contributed by atoms with Gasteiger partial charge in [0, 0.05) is 16.9 Å². The molecule has 0 amide bonds. The number of rotatable bonds is 4. The Morgan fingerprint density at radius 3 is 2.67 bits per heavy atom. The van der Waals surface area contributed by atoms with Crippen molar-refractivity contribution >= 4 is 23.5 Å². The monoisotopic (exact) mass is 389 g/mol. The molecule has 0 saturated carbocycles. The molecule has 27 heavy (non-hydrogen) atoms. The number of benzene rings is 1. The van der Waals surface area contributed by atoms with E-state index < -0.39 is 17.9 Å². The van der Waals surface area contributed by atoms with Crippen LogP contribution < -0.4 is 0 Å². The minimum Gasteiger partial charge on any atom is -0.493 e. The van der Waals surface area contributed by atoms with Crippen LogP contribution in [0.1, 0.15) is 25.3 Å². The van der Waals surface area contributed by atoms with Crippen molar-refractivity contribution in [2.24, 2.45) is 0 Å². The summed E-state index contributed by atoms with van der Waals surface area (Å²) in [6.45, 7) is 3.91. The summed E-state index contributed by atoms with van der Waals surface area (Å²) < 4.78 is 15.7. The zero-order valence-corrected chi connectivity index (χ0v) is 16.1. The maximum Gasteiger partial charge on any atom is 0.336 e. The van der Waals surface area contributed by atoms with E-state index in [1.165, 1.54) is 13.4 Å². The van der Waals surface area contributed by atoms with Crippen LogP contribution in [-0.2, 0) is 23.8 Å². The van der Waals surface area contributed by atoms with Crippen LogP contribution in [0.2, 0.25) is 5.02 Å². The van der Waals surface area contributed by atoms with Crippen LogP contribution in [0.15, 0.2) is 59.3 Å². The Balaban J connectivity index is 2.31. The minimum absolute atomic E-state index is 0.178. The summed E-state index contributed by atoms with van der Waals surface area (Å²) in [5.74, 6) is -1.76. The number of ether oxygens (including phenoxy) is 3. The van der Waals surface area contributed by atoms with Crippen LogP contribution in [0.5, 0.6) is 0 Å². The Hall–Kier alpha value is -2.73. The second-order valence-corrected chi connectivity index (χ2v) is 6.40. The average molecular weight is 390 g/mol. The maximum atomic E-state index is 12.9. The van der Waals surface area contributed by atoms with Gasteiger partial charge in [0.1, 0.15) is 12.9 Å².